The third kappa shape index (κ3) is 8.92. The van der Waals surface area contributed by atoms with Gasteiger partial charge in [-0.1, -0.05) is 71.3 Å². The summed E-state index contributed by atoms with van der Waals surface area (Å²) in [6.07, 6.45) is 13.5. The maximum Gasteiger partial charge on any atom is 0.184 e. The van der Waals surface area contributed by atoms with Gasteiger partial charge in [-0.2, -0.15) is 0 Å². The highest BCUT2D eigenvalue weighted by Crippen LogP contribution is 2.42. The van der Waals surface area contributed by atoms with Crippen LogP contribution in [0.1, 0.15) is 101 Å². The Kier molecular flexibility index (Phi) is 14.9. The fourth-order valence-corrected chi connectivity index (χ4v) is 5.47. The number of hydrogen-bond acceptors (Lipinski definition) is 3. The molecule has 2 aromatic rings. The molecule has 0 spiro atoms. The lowest BCUT2D eigenvalue weighted by atomic mass is 9.90. The quantitative estimate of drug-likeness (QED) is 0.196. The molecule has 0 unspecified atom stereocenters. The van der Waals surface area contributed by atoms with Crippen LogP contribution in [-0.4, -0.2) is 37.6 Å². The van der Waals surface area contributed by atoms with Gasteiger partial charge in [0.2, 0.25) is 0 Å². The Balaban J connectivity index is 0.00000533. The van der Waals surface area contributed by atoms with Crippen LogP contribution in [0.15, 0.2) is 24.3 Å². The van der Waals surface area contributed by atoms with Gasteiger partial charge in [0.15, 0.2) is 23.8 Å². The summed E-state index contributed by atoms with van der Waals surface area (Å²) in [5.41, 5.74) is 4.58. The summed E-state index contributed by atoms with van der Waals surface area (Å²) in [5, 5.41) is 3.67. The summed E-state index contributed by atoms with van der Waals surface area (Å²) < 4.78 is 43.0. The SMILES string of the molecule is CCCCCCCNc1c2c(cc(OC)c1OC)C(CCCCCCC)=[N+](Cc1c(F)cccc1F)CC2.[Br-]. The molecular weight excluding hydrogens is 562 g/mol. The van der Waals surface area contributed by atoms with Crippen LogP contribution in [0.5, 0.6) is 11.5 Å². The fraction of sp³-hybridized carbons (Fsp3) is 0.594. The Morgan fingerprint density at radius 1 is 0.872 bits per heavy atom. The van der Waals surface area contributed by atoms with Crippen molar-refractivity contribution in [1.82, 2.24) is 0 Å². The first kappa shape index (κ1) is 33.1. The number of hydrogen-bond donors (Lipinski definition) is 1. The van der Waals surface area contributed by atoms with E-state index >= 15 is 0 Å². The van der Waals surface area contributed by atoms with Crippen LogP contribution in [-0.2, 0) is 13.0 Å². The van der Waals surface area contributed by atoms with E-state index in [0.29, 0.717) is 12.3 Å². The van der Waals surface area contributed by atoms with E-state index in [4.69, 9.17) is 9.47 Å². The number of ether oxygens (including phenoxy) is 2. The van der Waals surface area contributed by atoms with E-state index in [1.54, 1.807) is 14.2 Å². The molecule has 0 fully saturated rings. The van der Waals surface area contributed by atoms with E-state index in [0.717, 1.165) is 61.4 Å². The number of benzene rings is 2. The van der Waals surface area contributed by atoms with E-state index in [2.05, 4.69) is 29.8 Å². The van der Waals surface area contributed by atoms with Crippen molar-refractivity contribution >= 4 is 11.4 Å². The molecule has 1 N–H and O–H groups in total. The molecule has 0 bridgehead atoms. The van der Waals surface area contributed by atoms with E-state index in [-0.39, 0.29) is 29.1 Å². The minimum Gasteiger partial charge on any atom is -1.00 e. The van der Waals surface area contributed by atoms with Gasteiger partial charge in [-0.3, -0.25) is 0 Å². The third-order valence-electron chi connectivity index (χ3n) is 7.61. The molecule has 39 heavy (non-hydrogen) atoms. The summed E-state index contributed by atoms with van der Waals surface area (Å²) in [7, 11) is 3.35. The summed E-state index contributed by atoms with van der Waals surface area (Å²) in [4.78, 5) is 0. The van der Waals surface area contributed by atoms with E-state index in [9.17, 15) is 8.78 Å². The standard InChI is InChI=1S/C32H47F2N2O2.BrH/c1-5-7-9-11-13-18-29-25-22-30(37-3)32(38-4)31(35-20-14-12-10-8-6-2)24(25)19-21-36(29)23-26-27(33)16-15-17-28(26)34;/h15-17,22,35H,5-14,18-21,23H2,1-4H3;1H/q+1;/p-1. The number of anilines is 1. The largest absolute Gasteiger partial charge is 1.00 e. The van der Waals surface area contributed by atoms with Crippen molar-refractivity contribution in [3.8, 4) is 11.5 Å². The first-order valence-corrected chi connectivity index (χ1v) is 14.6. The predicted molar refractivity (Wildman–Crippen MR) is 153 cm³/mol. The van der Waals surface area contributed by atoms with Gasteiger partial charge in [0.25, 0.3) is 0 Å². The maximum atomic E-state index is 14.6. The van der Waals surface area contributed by atoms with Gasteiger partial charge < -0.3 is 31.8 Å². The maximum absolute atomic E-state index is 14.6. The second-order valence-corrected chi connectivity index (χ2v) is 10.3. The second-order valence-electron chi connectivity index (χ2n) is 10.3. The molecule has 0 saturated heterocycles. The predicted octanol–water partition coefficient (Wildman–Crippen LogP) is 5.29. The number of methoxy groups -OCH3 is 2. The lowest BCUT2D eigenvalue weighted by Gasteiger charge is -2.25. The summed E-state index contributed by atoms with van der Waals surface area (Å²) in [6.45, 7) is 6.24. The molecule has 4 nitrogen and oxygen atoms in total. The molecule has 0 aromatic heterocycles. The van der Waals surface area contributed by atoms with Crippen molar-refractivity contribution in [3.63, 3.8) is 0 Å². The van der Waals surface area contributed by atoms with Crippen LogP contribution in [0.2, 0.25) is 0 Å². The average molecular weight is 610 g/mol. The van der Waals surface area contributed by atoms with Crippen molar-refractivity contribution in [2.75, 3.05) is 32.6 Å². The van der Waals surface area contributed by atoms with Gasteiger partial charge in [-0.15, -0.1) is 0 Å². The van der Waals surface area contributed by atoms with Crippen molar-refractivity contribution in [3.05, 3.63) is 52.6 Å². The van der Waals surface area contributed by atoms with Gasteiger partial charge in [0.1, 0.15) is 18.2 Å². The Hall–Kier alpha value is -2.15. The highest BCUT2D eigenvalue weighted by atomic mass is 79.9. The number of halogens is 3. The van der Waals surface area contributed by atoms with Crippen LogP contribution >= 0.6 is 0 Å². The number of unbranched alkanes of at least 4 members (excludes halogenated alkanes) is 8. The molecule has 3 rings (SSSR count). The van der Waals surface area contributed by atoms with E-state index in [1.165, 1.54) is 68.7 Å². The molecule has 7 heteroatoms. The Bertz CT molecular complexity index is 1050. The zero-order valence-corrected chi connectivity index (χ0v) is 25.9. The normalized spacial score (nSPS) is 12.7. The average Bonchev–Trinajstić information content (AvgIpc) is 2.92. The zero-order chi connectivity index (χ0) is 27.3. The molecule has 2 aromatic carbocycles. The molecule has 0 aliphatic carbocycles. The Morgan fingerprint density at radius 2 is 1.51 bits per heavy atom. The lowest BCUT2D eigenvalue weighted by Crippen LogP contribution is -3.00. The molecule has 1 aliphatic rings. The summed E-state index contributed by atoms with van der Waals surface area (Å²) >= 11 is 0. The molecule has 0 amide bonds. The van der Waals surface area contributed by atoms with Crippen LogP contribution in [0, 0.1) is 11.6 Å². The minimum absolute atomic E-state index is 0. The van der Waals surface area contributed by atoms with Gasteiger partial charge in [-0.25, -0.2) is 13.4 Å². The summed E-state index contributed by atoms with van der Waals surface area (Å²) in [5.74, 6) is 0.435. The van der Waals surface area contributed by atoms with Crippen LogP contribution in [0.25, 0.3) is 0 Å². The molecule has 218 valence electrons. The number of fused-ring (bicyclic) bond motifs is 1. The van der Waals surface area contributed by atoms with Gasteiger partial charge in [0.05, 0.1) is 31.0 Å². The van der Waals surface area contributed by atoms with Gasteiger partial charge >= 0.3 is 0 Å². The highest BCUT2D eigenvalue weighted by Gasteiger charge is 2.32. The second kappa shape index (κ2) is 17.5. The van der Waals surface area contributed by atoms with Gasteiger partial charge in [-0.05, 0) is 36.6 Å². The van der Waals surface area contributed by atoms with E-state index < -0.39 is 11.6 Å². The monoisotopic (exact) mass is 608 g/mol. The van der Waals surface area contributed by atoms with Crippen molar-refractivity contribution < 1.29 is 39.8 Å². The van der Waals surface area contributed by atoms with Crippen LogP contribution in [0.3, 0.4) is 0 Å². The topological polar surface area (TPSA) is 33.5 Å². The third-order valence-corrected chi connectivity index (χ3v) is 7.61. The minimum atomic E-state index is -0.490. The van der Waals surface area contributed by atoms with Crippen molar-refractivity contribution in [1.29, 1.82) is 0 Å². The number of nitrogens with zero attached hydrogens (tertiary/aromatic N) is 1. The molecule has 0 atom stereocenters. The molecule has 1 aliphatic heterocycles. The first-order valence-electron chi connectivity index (χ1n) is 14.6. The Morgan fingerprint density at radius 3 is 2.13 bits per heavy atom. The van der Waals surface area contributed by atoms with Crippen LogP contribution < -0.4 is 31.8 Å². The number of nitrogens with one attached hydrogen (secondary N) is 1. The molecule has 1 heterocycles. The smallest absolute Gasteiger partial charge is 0.184 e. The van der Waals surface area contributed by atoms with Crippen LogP contribution in [0.4, 0.5) is 14.5 Å². The van der Waals surface area contributed by atoms with Crippen molar-refractivity contribution in [2.24, 2.45) is 0 Å². The van der Waals surface area contributed by atoms with Crippen molar-refractivity contribution in [2.45, 2.75) is 97.4 Å². The highest BCUT2D eigenvalue weighted by molar-refractivity contribution is 6.01. The Labute approximate surface area is 245 Å². The summed E-state index contributed by atoms with van der Waals surface area (Å²) in [6, 6.07) is 6.18. The first-order chi connectivity index (χ1) is 18.5. The lowest BCUT2D eigenvalue weighted by molar-refractivity contribution is -0.546. The molecular formula is C32H47BrF2N2O2. The fourth-order valence-electron chi connectivity index (χ4n) is 5.47. The van der Waals surface area contributed by atoms with Gasteiger partial charge in [0, 0.05) is 19.4 Å². The number of rotatable bonds is 17. The molecule has 0 saturated carbocycles. The zero-order valence-electron chi connectivity index (χ0n) is 24.3. The van der Waals surface area contributed by atoms with E-state index in [1.807, 2.05) is 0 Å². The molecule has 0 radical (unpaired) electrons.